The lowest BCUT2D eigenvalue weighted by Gasteiger charge is -2.31. The van der Waals surface area contributed by atoms with Crippen LogP contribution in [0.1, 0.15) is 55.4 Å². The van der Waals surface area contributed by atoms with Gasteiger partial charge in [-0.2, -0.15) is 0 Å². The molecule has 1 atom stereocenters. The molecule has 0 bridgehead atoms. The van der Waals surface area contributed by atoms with Crippen LogP contribution in [0, 0.1) is 0 Å². The first-order valence-corrected chi connectivity index (χ1v) is 13.2. The van der Waals surface area contributed by atoms with Gasteiger partial charge in [-0.15, -0.1) is 0 Å². The van der Waals surface area contributed by atoms with Crippen molar-refractivity contribution in [3.05, 3.63) is 105 Å². The maximum absolute atomic E-state index is 13.7. The average Bonchev–Trinajstić information content (AvgIpc) is 2.87. The monoisotopic (exact) mass is 524 g/mol. The van der Waals surface area contributed by atoms with E-state index in [0.29, 0.717) is 41.8 Å². The first kappa shape index (κ1) is 27.8. The summed E-state index contributed by atoms with van der Waals surface area (Å²) >= 11 is 12.4. The van der Waals surface area contributed by atoms with E-state index in [4.69, 9.17) is 23.2 Å². The maximum Gasteiger partial charge on any atom is 0.243 e. The van der Waals surface area contributed by atoms with Crippen molar-refractivity contribution < 1.29 is 9.59 Å². The normalized spacial score (nSPS) is 11.8. The lowest BCUT2D eigenvalue weighted by Crippen LogP contribution is -2.50. The molecule has 0 aliphatic heterocycles. The highest BCUT2D eigenvalue weighted by atomic mass is 35.5. The molecule has 0 aliphatic carbocycles. The summed E-state index contributed by atoms with van der Waals surface area (Å²) in [6.07, 6.45) is 1.32. The molecular formula is C30H34Cl2N2O2. The van der Waals surface area contributed by atoms with Gasteiger partial charge >= 0.3 is 0 Å². The van der Waals surface area contributed by atoms with E-state index in [1.54, 1.807) is 17.0 Å². The zero-order valence-corrected chi connectivity index (χ0v) is 22.6. The Balaban J connectivity index is 1.88. The Kier molecular flexibility index (Phi) is 10.4. The molecule has 0 saturated heterocycles. The van der Waals surface area contributed by atoms with Crippen molar-refractivity contribution in [1.82, 2.24) is 10.2 Å². The Bertz CT molecular complexity index is 1150. The molecule has 0 saturated carbocycles. The zero-order chi connectivity index (χ0) is 26.1. The van der Waals surface area contributed by atoms with E-state index >= 15 is 0 Å². The quantitative estimate of drug-likeness (QED) is 0.299. The van der Waals surface area contributed by atoms with Gasteiger partial charge in [0, 0.05) is 25.9 Å². The van der Waals surface area contributed by atoms with E-state index in [1.807, 2.05) is 43.3 Å². The number of hydrogen-bond donors (Lipinski definition) is 1. The van der Waals surface area contributed by atoms with Crippen LogP contribution in [0.4, 0.5) is 0 Å². The predicted molar refractivity (Wildman–Crippen MR) is 148 cm³/mol. The van der Waals surface area contributed by atoms with Gasteiger partial charge in [0.2, 0.25) is 11.8 Å². The minimum Gasteiger partial charge on any atom is -0.355 e. The van der Waals surface area contributed by atoms with Gasteiger partial charge < -0.3 is 10.2 Å². The van der Waals surface area contributed by atoms with E-state index in [0.717, 1.165) is 16.7 Å². The molecule has 36 heavy (non-hydrogen) atoms. The number of nitrogens with one attached hydrogen (secondary N) is 1. The van der Waals surface area contributed by atoms with Crippen LogP contribution in [0.2, 0.25) is 10.0 Å². The fourth-order valence-electron chi connectivity index (χ4n) is 4.14. The topological polar surface area (TPSA) is 49.4 Å². The fourth-order valence-corrected chi connectivity index (χ4v) is 4.47. The summed E-state index contributed by atoms with van der Waals surface area (Å²) in [5, 5.41) is 3.79. The lowest BCUT2D eigenvalue weighted by molar-refractivity contribution is -0.141. The third-order valence-corrected chi connectivity index (χ3v) is 6.97. The SMILES string of the molecule is CCNC(=O)[C@H](Cc1ccccc1)N(Cc1ccc(Cl)c(Cl)c1)C(=O)CCc1ccc(C(C)C)cc1. The summed E-state index contributed by atoms with van der Waals surface area (Å²) in [4.78, 5) is 28.6. The zero-order valence-electron chi connectivity index (χ0n) is 21.1. The third kappa shape index (κ3) is 7.84. The summed E-state index contributed by atoms with van der Waals surface area (Å²) in [6.45, 7) is 6.95. The van der Waals surface area contributed by atoms with Gasteiger partial charge in [-0.3, -0.25) is 9.59 Å². The van der Waals surface area contributed by atoms with Gasteiger partial charge in [0.1, 0.15) is 6.04 Å². The van der Waals surface area contributed by atoms with Gasteiger partial charge in [0.05, 0.1) is 10.0 Å². The molecule has 3 aromatic carbocycles. The Morgan fingerprint density at radius 2 is 1.53 bits per heavy atom. The second kappa shape index (κ2) is 13.5. The van der Waals surface area contributed by atoms with Crippen molar-refractivity contribution >= 4 is 35.0 Å². The van der Waals surface area contributed by atoms with Crippen LogP contribution in [0.3, 0.4) is 0 Å². The molecule has 0 spiro atoms. The molecule has 3 rings (SSSR count). The van der Waals surface area contributed by atoms with Crippen molar-refractivity contribution in [2.45, 2.75) is 58.5 Å². The lowest BCUT2D eigenvalue weighted by atomic mass is 9.99. The van der Waals surface area contributed by atoms with E-state index in [1.165, 1.54) is 5.56 Å². The van der Waals surface area contributed by atoms with Crippen LogP contribution in [0.25, 0.3) is 0 Å². The minimum absolute atomic E-state index is 0.0822. The van der Waals surface area contributed by atoms with Crippen LogP contribution < -0.4 is 5.32 Å². The molecule has 6 heteroatoms. The number of carbonyl (C=O) groups is 2. The standard InChI is InChI=1S/C30H34Cl2N2O2/c1-4-33-30(36)28(19-23-8-6-5-7-9-23)34(20-24-12-16-26(31)27(32)18-24)29(35)17-13-22-10-14-25(15-11-22)21(2)3/h5-12,14-16,18,21,28H,4,13,17,19-20H2,1-3H3,(H,33,36)/t28-/m0/s1. The van der Waals surface area contributed by atoms with Crippen LogP contribution in [-0.2, 0) is 29.0 Å². The van der Waals surface area contributed by atoms with E-state index in [9.17, 15) is 9.59 Å². The number of carbonyl (C=O) groups excluding carboxylic acids is 2. The highest BCUT2D eigenvalue weighted by Crippen LogP contribution is 2.25. The Hall–Kier alpha value is -2.82. The summed E-state index contributed by atoms with van der Waals surface area (Å²) in [5.41, 5.74) is 4.18. The number of likely N-dealkylation sites (N-methyl/N-ethyl adjacent to an activating group) is 1. The van der Waals surface area contributed by atoms with Gasteiger partial charge in [0.25, 0.3) is 0 Å². The maximum atomic E-state index is 13.7. The molecule has 0 aliphatic rings. The van der Waals surface area contributed by atoms with Gasteiger partial charge in [-0.05, 0) is 53.6 Å². The fraction of sp³-hybridized carbons (Fsp3) is 0.333. The summed E-state index contributed by atoms with van der Waals surface area (Å²) in [7, 11) is 0. The van der Waals surface area contributed by atoms with Crippen molar-refractivity contribution in [2.75, 3.05) is 6.54 Å². The molecule has 4 nitrogen and oxygen atoms in total. The number of halogens is 2. The van der Waals surface area contributed by atoms with Gasteiger partial charge in [-0.1, -0.05) is 97.7 Å². The number of benzene rings is 3. The van der Waals surface area contributed by atoms with Gasteiger partial charge in [0.15, 0.2) is 0 Å². The average molecular weight is 526 g/mol. The number of rotatable bonds is 11. The minimum atomic E-state index is -0.655. The summed E-state index contributed by atoms with van der Waals surface area (Å²) in [6, 6.07) is 22.8. The molecule has 0 radical (unpaired) electrons. The van der Waals surface area contributed by atoms with Crippen LogP contribution in [0.15, 0.2) is 72.8 Å². The van der Waals surface area contributed by atoms with Crippen LogP contribution in [-0.4, -0.2) is 29.3 Å². The Labute approximate surface area is 224 Å². The number of amides is 2. The Morgan fingerprint density at radius 1 is 0.861 bits per heavy atom. The first-order valence-electron chi connectivity index (χ1n) is 12.4. The van der Waals surface area contributed by atoms with Crippen LogP contribution in [0.5, 0.6) is 0 Å². The number of aryl methyl sites for hydroxylation is 1. The van der Waals surface area contributed by atoms with Crippen molar-refractivity contribution in [3.63, 3.8) is 0 Å². The van der Waals surface area contributed by atoms with Gasteiger partial charge in [-0.25, -0.2) is 0 Å². The molecule has 190 valence electrons. The first-order chi connectivity index (χ1) is 17.3. The smallest absolute Gasteiger partial charge is 0.243 e. The second-order valence-electron chi connectivity index (χ2n) is 9.27. The molecule has 3 aromatic rings. The largest absolute Gasteiger partial charge is 0.355 e. The van der Waals surface area contributed by atoms with Crippen molar-refractivity contribution in [3.8, 4) is 0 Å². The number of hydrogen-bond acceptors (Lipinski definition) is 2. The van der Waals surface area contributed by atoms with Crippen molar-refractivity contribution in [1.29, 1.82) is 0 Å². The molecule has 0 unspecified atom stereocenters. The molecule has 0 fully saturated rings. The second-order valence-corrected chi connectivity index (χ2v) is 10.1. The molecular weight excluding hydrogens is 491 g/mol. The molecule has 1 N–H and O–H groups in total. The molecule has 0 aromatic heterocycles. The van der Waals surface area contributed by atoms with E-state index < -0.39 is 6.04 Å². The molecule has 2 amide bonds. The summed E-state index contributed by atoms with van der Waals surface area (Å²) in [5.74, 6) is 0.204. The van der Waals surface area contributed by atoms with E-state index in [-0.39, 0.29) is 18.4 Å². The summed E-state index contributed by atoms with van der Waals surface area (Å²) < 4.78 is 0. The molecule has 0 heterocycles. The van der Waals surface area contributed by atoms with Crippen molar-refractivity contribution in [2.24, 2.45) is 0 Å². The highest BCUT2D eigenvalue weighted by Gasteiger charge is 2.30. The Morgan fingerprint density at radius 3 is 2.14 bits per heavy atom. The third-order valence-electron chi connectivity index (χ3n) is 6.23. The predicted octanol–water partition coefficient (Wildman–Crippen LogP) is 6.83. The number of nitrogens with zero attached hydrogens (tertiary/aromatic N) is 1. The highest BCUT2D eigenvalue weighted by molar-refractivity contribution is 6.42. The van der Waals surface area contributed by atoms with Crippen LogP contribution >= 0.6 is 23.2 Å². The van der Waals surface area contributed by atoms with E-state index in [2.05, 4.69) is 43.4 Å².